The Balaban J connectivity index is 1.95. The van der Waals surface area contributed by atoms with Crippen LogP contribution in [0.4, 0.5) is 11.5 Å². The Morgan fingerprint density at radius 1 is 1.29 bits per heavy atom. The quantitative estimate of drug-likeness (QED) is 0.829. The number of imidazole rings is 1. The monoisotopic (exact) mass is 284 g/mol. The van der Waals surface area contributed by atoms with Gasteiger partial charge < -0.3 is 15.2 Å². The maximum atomic E-state index is 12.3. The molecular weight excluding hydrogens is 264 g/mol. The van der Waals surface area contributed by atoms with E-state index in [1.807, 2.05) is 30.5 Å². The van der Waals surface area contributed by atoms with E-state index in [-0.39, 0.29) is 12.1 Å². The summed E-state index contributed by atoms with van der Waals surface area (Å²) < 4.78 is 0. The number of carbonyl (C=O) groups is 1. The SMILES string of the molecule is CCCCCC1NC(=O)c2ccccc2N1c1c[nH]cn1. The van der Waals surface area contributed by atoms with Crippen molar-refractivity contribution in [1.82, 2.24) is 15.3 Å². The van der Waals surface area contributed by atoms with Gasteiger partial charge in [-0.3, -0.25) is 4.79 Å². The van der Waals surface area contributed by atoms with E-state index in [2.05, 4.69) is 27.1 Å². The van der Waals surface area contributed by atoms with Crippen molar-refractivity contribution < 1.29 is 4.79 Å². The lowest BCUT2D eigenvalue weighted by Crippen LogP contribution is -2.50. The molecule has 0 aliphatic carbocycles. The Morgan fingerprint density at radius 2 is 2.14 bits per heavy atom. The maximum absolute atomic E-state index is 12.3. The van der Waals surface area contributed by atoms with Gasteiger partial charge >= 0.3 is 0 Å². The molecule has 2 aromatic rings. The van der Waals surface area contributed by atoms with Crippen LogP contribution in [0, 0.1) is 0 Å². The Bertz CT molecular complexity index is 608. The first-order valence-corrected chi connectivity index (χ1v) is 7.49. The number of hydrogen-bond donors (Lipinski definition) is 2. The summed E-state index contributed by atoms with van der Waals surface area (Å²) in [5.74, 6) is 0.836. The summed E-state index contributed by atoms with van der Waals surface area (Å²) >= 11 is 0. The number of hydrogen-bond acceptors (Lipinski definition) is 3. The fourth-order valence-electron chi connectivity index (χ4n) is 2.79. The van der Waals surface area contributed by atoms with Crippen molar-refractivity contribution in [2.24, 2.45) is 0 Å². The van der Waals surface area contributed by atoms with Crippen LogP contribution in [0.25, 0.3) is 0 Å². The molecule has 1 aromatic heterocycles. The van der Waals surface area contributed by atoms with Crippen LogP contribution in [0.2, 0.25) is 0 Å². The molecule has 1 unspecified atom stereocenters. The number of carbonyl (C=O) groups excluding carboxylic acids is 1. The zero-order chi connectivity index (χ0) is 14.7. The van der Waals surface area contributed by atoms with Gasteiger partial charge in [0, 0.05) is 6.20 Å². The van der Waals surface area contributed by atoms with Gasteiger partial charge in [0.1, 0.15) is 6.17 Å². The predicted molar refractivity (Wildman–Crippen MR) is 82.6 cm³/mol. The molecule has 2 heterocycles. The van der Waals surface area contributed by atoms with E-state index in [1.165, 1.54) is 12.8 Å². The normalized spacial score (nSPS) is 17.5. The molecule has 5 heteroatoms. The molecule has 21 heavy (non-hydrogen) atoms. The molecule has 1 amide bonds. The van der Waals surface area contributed by atoms with E-state index in [1.54, 1.807) is 6.33 Å². The van der Waals surface area contributed by atoms with Crippen molar-refractivity contribution in [2.75, 3.05) is 4.90 Å². The Morgan fingerprint density at radius 3 is 2.90 bits per heavy atom. The first-order valence-electron chi connectivity index (χ1n) is 7.49. The highest BCUT2D eigenvalue weighted by molar-refractivity contribution is 6.02. The average Bonchev–Trinajstić information content (AvgIpc) is 3.02. The number of H-pyrrole nitrogens is 1. The average molecular weight is 284 g/mol. The van der Waals surface area contributed by atoms with Crippen LogP contribution in [-0.2, 0) is 0 Å². The summed E-state index contributed by atoms with van der Waals surface area (Å²) in [6.07, 6.45) is 7.83. The van der Waals surface area contributed by atoms with Gasteiger partial charge in [0.25, 0.3) is 5.91 Å². The van der Waals surface area contributed by atoms with Gasteiger partial charge in [0.05, 0.1) is 17.6 Å². The van der Waals surface area contributed by atoms with E-state index in [4.69, 9.17) is 0 Å². The molecule has 1 atom stereocenters. The van der Waals surface area contributed by atoms with Gasteiger partial charge in [-0.2, -0.15) is 0 Å². The Labute approximate surface area is 124 Å². The zero-order valence-corrected chi connectivity index (χ0v) is 12.2. The van der Waals surface area contributed by atoms with Crippen molar-refractivity contribution in [3.8, 4) is 0 Å². The number of nitrogens with one attached hydrogen (secondary N) is 2. The largest absolute Gasteiger partial charge is 0.349 e. The molecule has 0 fully saturated rings. The van der Waals surface area contributed by atoms with Gasteiger partial charge in [-0.25, -0.2) is 4.98 Å². The molecule has 2 N–H and O–H groups in total. The van der Waals surface area contributed by atoms with Crippen LogP contribution in [0.3, 0.4) is 0 Å². The van der Waals surface area contributed by atoms with Crippen molar-refractivity contribution in [2.45, 2.75) is 38.8 Å². The number of aromatic amines is 1. The van der Waals surface area contributed by atoms with Crippen molar-refractivity contribution in [3.05, 3.63) is 42.4 Å². The van der Waals surface area contributed by atoms with Crippen LogP contribution >= 0.6 is 0 Å². The molecule has 1 aromatic carbocycles. The second kappa shape index (κ2) is 5.99. The highest BCUT2D eigenvalue weighted by Crippen LogP contribution is 2.33. The minimum atomic E-state index is -0.0396. The molecular formula is C16H20N4O. The maximum Gasteiger partial charge on any atom is 0.255 e. The number of rotatable bonds is 5. The molecule has 5 nitrogen and oxygen atoms in total. The molecule has 0 saturated heterocycles. The summed E-state index contributed by atoms with van der Waals surface area (Å²) in [6, 6.07) is 7.68. The zero-order valence-electron chi connectivity index (χ0n) is 12.2. The summed E-state index contributed by atoms with van der Waals surface area (Å²) in [5, 5.41) is 3.10. The lowest BCUT2D eigenvalue weighted by molar-refractivity contribution is 0.0927. The third kappa shape index (κ3) is 2.63. The first-order chi connectivity index (χ1) is 10.3. The summed E-state index contributed by atoms with van der Waals surface area (Å²) in [4.78, 5) is 21.7. The van der Waals surface area contributed by atoms with Gasteiger partial charge in [-0.05, 0) is 25.0 Å². The van der Waals surface area contributed by atoms with Crippen LogP contribution in [0.1, 0.15) is 43.0 Å². The third-order valence-electron chi connectivity index (χ3n) is 3.83. The number of amides is 1. The smallest absolute Gasteiger partial charge is 0.255 e. The molecule has 0 saturated carbocycles. The van der Waals surface area contributed by atoms with Crippen LogP contribution in [-0.4, -0.2) is 22.0 Å². The highest BCUT2D eigenvalue weighted by atomic mass is 16.2. The van der Waals surface area contributed by atoms with Crippen LogP contribution in [0.15, 0.2) is 36.8 Å². The number of para-hydroxylation sites is 1. The van der Waals surface area contributed by atoms with Gasteiger partial charge in [-0.1, -0.05) is 31.9 Å². The Kier molecular flexibility index (Phi) is 3.90. The second-order valence-corrected chi connectivity index (χ2v) is 5.30. The number of fused-ring (bicyclic) bond motifs is 1. The molecule has 0 radical (unpaired) electrons. The second-order valence-electron chi connectivity index (χ2n) is 5.30. The van der Waals surface area contributed by atoms with Crippen molar-refractivity contribution in [1.29, 1.82) is 0 Å². The van der Waals surface area contributed by atoms with E-state index in [0.29, 0.717) is 5.56 Å². The predicted octanol–water partition coefficient (Wildman–Crippen LogP) is 3.20. The number of unbranched alkanes of at least 4 members (excludes halogenated alkanes) is 2. The summed E-state index contributed by atoms with van der Waals surface area (Å²) in [6.45, 7) is 2.18. The molecule has 0 spiro atoms. The lowest BCUT2D eigenvalue weighted by Gasteiger charge is -2.37. The summed E-state index contributed by atoms with van der Waals surface area (Å²) in [5.41, 5.74) is 1.63. The fourth-order valence-corrected chi connectivity index (χ4v) is 2.79. The number of aromatic nitrogens is 2. The molecule has 110 valence electrons. The standard InChI is InChI=1S/C16H20N4O/c1-2-3-4-9-14-19-16(21)12-7-5-6-8-13(12)20(14)15-10-17-11-18-15/h5-8,10-11,14H,2-4,9H2,1H3,(H,17,18)(H,19,21). The number of anilines is 2. The molecule has 1 aliphatic heterocycles. The molecule has 3 rings (SSSR count). The van der Waals surface area contributed by atoms with E-state index in [0.717, 1.165) is 24.3 Å². The Hall–Kier alpha value is -2.30. The van der Waals surface area contributed by atoms with Crippen molar-refractivity contribution in [3.63, 3.8) is 0 Å². The van der Waals surface area contributed by atoms with Crippen LogP contribution < -0.4 is 10.2 Å². The fraction of sp³-hybridized carbons (Fsp3) is 0.375. The topological polar surface area (TPSA) is 61.0 Å². The third-order valence-corrected chi connectivity index (χ3v) is 3.83. The van der Waals surface area contributed by atoms with Gasteiger partial charge in [0.15, 0.2) is 5.82 Å². The van der Waals surface area contributed by atoms with Gasteiger partial charge in [0.2, 0.25) is 0 Å². The summed E-state index contributed by atoms with van der Waals surface area (Å²) in [7, 11) is 0. The van der Waals surface area contributed by atoms with Gasteiger partial charge in [-0.15, -0.1) is 0 Å². The van der Waals surface area contributed by atoms with Crippen LogP contribution in [0.5, 0.6) is 0 Å². The lowest BCUT2D eigenvalue weighted by atomic mass is 10.0. The number of benzene rings is 1. The van der Waals surface area contributed by atoms with Crippen molar-refractivity contribution >= 4 is 17.4 Å². The molecule has 1 aliphatic rings. The number of nitrogens with zero attached hydrogens (tertiary/aromatic N) is 2. The minimum absolute atomic E-state index is 0.00103. The first kappa shape index (κ1) is 13.7. The van der Waals surface area contributed by atoms with E-state index in [9.17, 15) is 4.79 Å². The van der Waals surface area contributed by atoms with E-state index >= 15 is 0 Å². The highest BCUT2D eigenvalue weighted by Gasteiger charge is 2.31. The van der Waals surface area contributed by atoms with E-state index < -0.39 is 0 Å². The minimum Gasteiger partial charge on any atom is -0.349 e. The molecule has 0 bridgehead atoms.